The number of carbonyl (C=O) groups is 1. The first-order chi connectivity index (χ1) is 7.34. The smallest absolute Gasteiger partial charge is 0.416 e. The molecule has 7 heteroatoms. The van der Waals surface area contributed by atoms with Gasteiger partial charge in [-0.25, -0.2) is 4.79 Å². The van der Waals surface area contributed by atoms with Gasteiger partial charge >= 0.3 is 12.2 Å². The van der Waals surface area contributed by atoms with Gasteiger partial charge in [-0.3, -0.25) is 0 Å². The maximum absolute atomic E-state index is 12.3. The van der Waals surface area contributed by atoms with E-state index in [0.717, 1.165) is 12.1 Å². The van der Waals surface area contributed by atoms with Gasteiger partial charge in [-0.1, -0.05) is 0 Å². The Hall–Kier alpha value is -1.92. The quantitative estimate of drug-likeness (QED) is 0.652. The number of hydrogen-bond donors (Lipinski definition) is 3. The number of alkyl halides is 3. The van der Waals surface area contributed by atoms with Crippen LogP contribution in [0, 0.1) is 0 Å². The van der Waals surface area contributed by atoms with Crippen molar-refractivity contribution in [1.29, 1.82) is 0 Å². The van der Waals surface area contributed by atoms with Crippen molar-refractivity contribution >= 4 is 11.7 Å². The van der Waals surface area contributed by atoms with Crippen LogP contribution in [0.25, 0.3) is 0 Å². The Morgan fingerprint density at radius 3 is 2.50 bits per heavy atom. The molecule has 0 aromatic heterocycles. The number of halogens is 3. The largest absolute Gasteiger partial charge is 0.506 e. The van der Waals surface area contributed by atoms with Crippen molar-refractivity contribution in [2.45, 2.75) is 6.18 Å². The lowest BCUT2D eigenvalue weighted by molar-refractivity contribution is -0.137. The van der Waals surface area contributed by atoms with E-state index >= 15 is 0 Å². The number of benzene rings is 1. The van der Waals surface area contributed by atoms with Crippen LogP contribution >= 0.6 is 0 Å². The van der Waals surface area contributed by atoms with Crippen molar-refractivity contribution in [3.8, 4) is 5.75 Å². The molecule has 0 spiro atoms. The Labute approximate surface area is 89.1 Å². The summed E-state index contributed by atoms with van der Waals surface area (Å²) in [5.41, 5.74) is -1.24. The average molecular weight is 234 g/mol. The van der Waals surface area contributed by atoms with E-state index < -0.39 is 23.5 Å². The summed E-state index contributed by atoms with van der Waals surface area (Å²) in [6, 6.07) is 1.54. The summed E-state index contributed by atoms with van der Waals surface area (Å²) in [7, 11) is 1.31. The van der Waals surface area contributed by atoms with E-state index in [1.54, 1.807) is 0 Å². The lowest BCUT2D eigenvalue weighted by Crippen LogP contribution is -2.24. The number of anilines is 1. The van der Waals surface area contributed by atoms with Gasteiger partial charge in [0.1, 0.15) is 5.75 Å². The Kier molecular flexibility index (Phi) is 3.26. The molecule has 0 radical (unpaired) electrons. The molecule has 0 bridgehead atoms. The summed E-state index contributed by atoms with van der Waals surface area (Å²) in [5, 5.41) is 13.5. The molecule has 16 heavy (non-hydrogen) atoms. The van der Waals surface area contributed by atoms with Crippen LogP contribution in [0.3, 0.4) is 0 Å². The standard InChI is InChI=1S/C9H9F3N2O2/c1-13-8(16)14-6-4-5(9(10,11)12)2-3-7(6)15/h2-4,15H,1H3,(H2,13,14,16). The maximum atomic E-state index is 12.3. The second-order valence-corrected chi connectivity index (χ2v) is 2.93. The molecule has 0 aliphatic carbocycles. The van der Waals surface area contributed by atoms with E-state index in [0.29, 0.717) is 6.07 Å². The third-order valence-electron chi connectivity index (χ3n) is 1.80. The second-order valence-electron chi connectivity index (χ2n) is 2.93. The molecular weight excluding hydrogens is 225 g/mol. The van der Waals surface area contributed by atoms with Gasteiger partial charge in [-0.2, -0.15) is 13.2 Å². The van der Waals surface area contributed by atoms with Gasteiger partial charge in [-0.15, -0.1) is 0 Å². The number of carbonyl (C=O) groups excluding carboxylic acids is 1. The Balaban J connectivity index is 3.04. The zero-order chi connectivity index (χ0) is 12.3. The number of urea groups is 1. The highest BCUT2D eigenvalue weighted by atomic mass is 19.4. The molecule has 1 aromatic rings. The Morgan fingerprint density at radius 1 is 1.38 bits per heavy atom. The van der Waals surface area contributed by atoms with Crippen molar-refractivity contribution in [2.75, 3.05) is 12.4 Å². The zero-order valence-electron chi connectivity index (χ0n) is 8.22. The molecule has 0 aliphatic rings. The van der Waals surface area contributed by atoms with Gasteiger partial charge < -0.3 is 15.7 Å². The fourth-order valence-electron chi connectivity index (χ4n) is 0.997. The van der Waals surface area contributed by atoms with Crippen LogP contribution in [-0.2, 0) is 6.18 Å². The van der Waals surface area contributed by atoms with E-state index in [-0.39, 0.29) is 5.69 Å². The van der Waals surface area contributed by atoms with Crippen molar-refractivity contribution in [2.24, 2.45) is 0 Å². The highest BCUT2D eigenvalue weighted by Gasteiger charge is 2.31. The number of amides is 2. The van der Waals surface area contributed by atoms with Crippen LogP contribution in [0.15, 0.2) is 18.2 Å². The van der Waals surface area contributed by atoms with Crippen molar-refractivity contribution in [1.82, 2.24) is 5.32 Å². The lowest BCUT2D eigenvalue weighted by atomic mass is 10.2. The van der Waals surface area contributed by atoms with Gasteiger partial charge in [0.25, 0.3) is 0 Å². The first kappa shape index (κ1) is 12.2. The lowest BCUT2D eigenvalue weighted by Gasteiger charge is -2.11. The molecule has 4 nitrogen and oxygen atoms in total. The van der Waals surface area contributed by atoms with Crippen LogP contribution in [0.4, 0.5) is 23.7 Å². The van der Waals surface area contributed by atoms with Crippen LogP contribution in [0.1, 0.15) is 5.56 Å². The molecule has 0 unspecified atom stereocenters. The van der Waals surface area contributed by atoms with E-state index in [1.807, 2.05) is 0 Å². The zero-order valence-corrected chi connectivity index (χ0v) is 8.22. The molecule has 0 fully saturated rings. The first-order valence-electron chi connectivity index (χ1n) is 4.23. The minimum Gasteiger partial charge on any atom is -0.506 e. The van der Waals surface area contributed by atoms with Crippen LogP contribution in [0.2, 0.25) is 0 Å². The first-order valence-corrected chi connectivity index (χ1v) is 4.23. The van der Waals surface area contributed by atoms with Crippen LogP contribution in [0.5, 0.6) is 5.75 Å². The molecule has 0 atom stereocenters. The minimum absolute atomic E-state index is 0.297. The molecule has 0 heterocycles. The van der Waals surface area contributed by atoms with Crippen molar-refractivity contribution < 1.29 is 23.1 Å². The van der Waals surface area contributed by atoms with Gasteiger partial charge in [0.05, 0.1) is 11.3 Å². The van der Waals surface area contributed by atoms with Gasteiger partial charge in [0, 0.05) is 7.05 Å². The number of nitrogens with one attached hydrogen (secondary N) is 2. The summed E-state index contributed by atoms with van der Waals surface area (Å²) < 4.78 is 36.9. The monoisotopic (exact) mass is 234 g/mol. The third kappa shape index (κ3) is 2.78. The molecular formula is C9H9F3N2O2. The highest BCUT2D eigenvalue weighted by Crippen LogP contribution is 2.34. The normalized spacial score (nSPS) is 11.0. The predicted molar refractivity (Wildman–Crippen MR) is 51.2 cm³/mol. The second kappa shape index (κ2) is 4.30. The van der Waals surface area contributed by atoms with Crippen LogP contribution < -0.4 is 10.6 Å². The maximum Gasteiger partial charge on any atom is 0.416 e. The number of aromatic hydroxyl groups is 1. The van der Waals surface area contributed by atoms with E-state index in [9.17, 15) is 23.1 Å². The summed E-state index contributed by atoms with van der Waals surface area (Å²) in [4.78, 5) is 10.9. The number of rotatable bonds is 1. The summed E-state index contributed by atoms with van der Waals surface area (Å²) >= 11 is 0. The van der Waals surface area contributed by atoms with Gasteiger partial charge in [0.2, 0.25) is 0 Å². The van der Waals surface area contributed by atoms with Gasteiger partial charge in [-0.05, 0) is 18.2 Å². The van der Waals surface area contributed by atoms with Gasteiger partial charge in [0.15, 0.2) is 0 Å². The van der Waals surface area contributed by atoms with Crippen molar-refractivity contribution in [3.63, 3.8) is 0 Å². The molecule has 0 saturated carbocycles. The summed E-state index contributed by atoms with van der Waals surface area (Å²) in [6.07, 6.45) is -4.52. The number of phenols is 1. The number of hydrogen-bond acceptors (Lipinski definition) is 2. The van der Waals surface area contributed by atoms with Crippen molar-refractivity contribution in [3.05, 3.63) is 23.8 Å². The third-order valence-corrected chi connectivity index (χ3v) is 1.80. The minimum atomic E-state index is -4.52. The Morgan fingerprint density at radius 2 is 2.00 bits per heavy atom. The molecule has 2 amide bonds. The summed E-state index contributed by atoms with van der Waals surface area (Å²) in [6.45, 7) is 0. The molecule has 0 aliphatic heterocycles. The fourth-order valence-corrected chi connectivity index (χ4v) is 0.997. The summed E-state index contributed by atoms with van der Waals surface area (Å²) in [5.74, 6) is -0.434. The molecule has 88 valence electrons. The number of phenolic OH excluding ortho intramolecular Hbond substituents is 1. The molecule has 1 aromatic carbocycles. The SMILES string of the molecule is CNC(=O)Nc1cc(C(F)(F)F)ccc1O. The van der Waals surface area contributed by atoms with E-state index in [4.69, 9.17) is 0 Å². The highest BCUT2D eigenvalue weighted by molar-refractivity contribution is 5.90. The average Bonchev–Trinajstić information content (AvgIpc) is 2.19. The fraction of sp³-hybridized carbons (Fsp3) is 0.222. The molecule has 3 N–H and O–H groups in total. The molecule has 0 saturated heterocycles. The van der Waals surface area contributed by atoms with E-state index in [2.05, 4.69) is 10.6 Å². The predicted octanol–water partition coefficient (Wildman–Crippen LogP) is 2.16. The van der Waals surface area contributed by atoms with Crippen LogP contribution in [-0.4, -0.2) is 18.2 Å². The topological polar surface area (TPSA) is 61.4 Å². The van der Waals surface area contributed by atoms with E-state index in [1.165, 1.54) is 7.05 Å². The Bertz CT molecular complexity index is 404. The molecule has 1 rings (SSSR count).